The van der Waals surface area contributed by atoms with Gasteiger partial charge in [-0.1, -0.05) is 36.4 Å². The summed E-state index contributed by atoms with van der Waals surface area (Å²) in [6, 6.07) is 8.91. The first-order valence-corrected chi connectivity index (χ1v) is 7.94. The fraction of sp³-hybridized carbons (Fsp3) is 0.421. The first-order valence-electron chi connectivity index (χ1n) is 7.94. The van der Waals surface area contributed by atoms with Gasteiger partial charge in [0, 0.05) is 7.11 Å². The second-order valence-electron chi connectivity index (χ2n) is 5.71. The van der Waals surface area contributed by atoms with Crippen LogP contribution in [-0.4, -0.2) is 45.3 Å². The molecule has 26 heavy (non-hydrogen) atoms. The van der Waals surface area contributed by atoms with Gasteiger partial charge in [-0.3, -0.25) is 9.59 Å². The van der Waals surface area contributed by atoms with Crippen molar-refractivity contribution in [3.8, 4) is 0 Å². The molecule has 7 nitrogen and oxygen atoms in total. The zero-order valence-electron chi connectivity index (χ0n) is 15.6. The number of rotatable bonds is 8. The first-order chi connectivity index (χ1) is 12.3. The van der Waals surface area contributed by atoms with Gasteiger partial charge in [0.05, 0.1) is 14.2 Å². The molecule has 142 valence electrons. The molecule has 0 bridgehead atoms. The molecule has 0 aliphatic heterocycles. The molecule has 0 saturated heterocycles. The van der Waals surface area contributed by atoms with Crippen molar-refractivity contribution in [1.29, 1.82) is 0 Å². The van der Waals surface area contributed by atoms with Crippen LogP contribution in [0.3, 0.4) is 0 Å². The molecule has 0 aliphatic carbocycles. The third-order valence-electron chi connectivity index (χ3n) is 3.77. The van der Waals surface area contributed by atoms with Crippen LogP contribution in [0.1, 0.15) is 25.5 Å². The molecule has 0 radical (unpaired) electrons. The van der Waals surface area contributed by atoms with E-state index in [1.54, 1.807) is 31.2 Å². The smallest absolute Gasteiger partial charge is 0.340 e. The highest BCUT2D eigenvalue weighted by Gasteiger charge is 2.41. The highest BCUT2D eigenvalue weighted by Crippen LogP contribution is 2.24. The molecule has 2 atom stereocenters. The molecule has 0 aromatic heterocycles. The van der Waals surface area contributed by atoms with Crippen molar-refractivity contribution in [3.63, 3.8) is 0 Å². The van der Waals surface area contributed by atoms with E-state index in [9.17, 15) is 14.4 Å². The Kier molecular flexibility index (Phi) is 7.99. The van der Waals surface area contributed by atoms with E-state index in [1.165, 1.54) is 40.4 Å². The summed E-state index contributed by atoms with van der Waals surface area (Å²) >= 11 is 0. The van der Waals surface area contributed by atoms with E-state index in [1.807, 2.05) is 6.07 Å². The molecule has 0 heterocycles. The van der Waals surface area contributed by atoms with E-state index in [-0.39, 0.29) is 0 Å². The third-order valence-corrected chi connectivity index (χ3v) is 3.77. The fourth-order valence-electron chi connectivity index (χ4n) is 2.25. The highest BCUT2D eigenvalue weighted by molar-refractivity contribution is 6.01. The van der Waals surface area contributed by atoms with Crippen molar-refractivity contribution in [2.45, 2.75) is 26.1 Å². The Morgan fingerprint density at radius 3 is 2.00 bits per heavy atom. The Bertz CT molecular complexity index is 635. The number of hydrogen-bond acceptors (Lipinski definition) is 7. The van der Waals surface area contributed by atoms with Gasteiger partial charge in [0.15, 0.2) is 11.5 Å². The van der Waals surface area contributed by atoms with Gasteiger partial charge in [0.2, 0.25) is 0 Å². The lowest BCUT2D eigenvalue weighted by Gasteiger charge is -2.21. The second-order valence-corrected chi connectivity index (χ2v) is 5.71. The van der Waals surface area contributed by atoms with Crippen molar-refractivity contribution in [1.82, 2.24) is 0 Å². The largest absolute Gasteiger partial charge is 0.468 e. The number of esters is 3. The molecule has 0 spiro atoms. The standard InChI is InChI=1S/C19H24O7/c1-13(11-12-19(2,17(21)24-4)18(22)25-5)26-16(20)15(23-3)14-9-7-6-8-10-14/h6-13,15H,1-5H3/b12-11+/t13-,15-/m0/s1. The van der Waals surface area contributed by atoms with Crippen molar-refractivity contribution in [2.75, 3.05) is 21.3 Å². The van der Waals surface area contributed by atoms with Crippen LogP contribution in [0.2, 0.25) is 0 Å². The lowest BCUT2D eigenvalue weighted by atomic mass is 9.90. The van der Waals surface area contributed by atoms with Crippen LogP contribution in [0.4, 0.5) is 0 Å². The van der Waals surface area contributed by atoms with Crippen LogP contribution < -0.4 is 0 Å². The van der Waals surface area contributed by atoms with E-state index in [0.717, 1.165) is 0 Å². The number of benzene rings is 1. The maximum atomic E-state index is 12.3. The summed E-state index contributed by atoms with van der Waals surface area (Å²) in [6.45, 7) is 2.96. The summed E-state index contributed by atoms with van der Waals surface area (Å²) in [5.74, 6) is -2.15. The Hall–Kier alpha value is -2.67. The molecular formula is C19H24O7. The van der Waals surface area contributed by atoms with Gasteiger partial charge < -0.3 is 18.9 Å². The number of ether oxygens (including phenoxy) is 4. The maximum Gasteiger partial charge on any atom is 0.340 e. The molecular weight excluding hydrogens is 340 g/mol. The van der Waals surface area contributed by atoms with Gasteiger partial charge in [0.1, 0.15) is 6.10 Å². The van der Waals surface area contributed by atoms with Crippen molar-refractivity contribution < 1.29 is 33.3 Å². The lowest BCUT2D eigenvalue weighted by molar-refractivity contribution is -0.163. The Morgan fingerprint density at radius 2 is 1.54 bits per heavy atom. The molecule has 0 aliphatic rings. The number of hydrogen-bond donors (Lipinski definition) is 0. The molecule has 1 rings (SSSR count). The normalized spacial score (nSPS) is 13.7. The van der Waals surface area contributed by atoms with Gasteiger partial charge in [-0.15, -0.1) is 0 Å². The molecule has 0 N–H and O–H groups in total. The van der Waals surface area contributed by atoms with E-state index < -0.39 is 35.5 Å². The zero-order chi connectivity index (χ0) is 19.7. The van der Waals surface area contributed by atoms with Crippen molar-refractivity contribution in [2.24, 2.45) is 5.41 Å². The minimum atomic E-state index is -1.63. The predicted molar refractivity (Wildman–Crippen MR) is 93.0 cm³/mol. The summed E-state index contributed by atoms with van der Waals surface area (Å²) < 4.78 is 19.8. The Morgan fingerprint density at radius 1 is 1.00 bits per heavy atom. The topological polar surface area (TPSA) is 88.1 Å². The highest BCUT2D eigenvalue weighted by atomic mass is 16.6. The second kappa shape index (κ2) is 9.72. The average Bonchev–Trinajstić information content (AvgIpc) is 2.66. The Labute approximate surface area is 152 Å². The molecule has 1 aromatic carbocycles. The van der Waals surface area contributed by atoms with Gasteiger partial charge in [-0.2, -0.15) is 0 Å². The lowest BCUT2D eigenvalue weighted by Crippen LogP contribution is -2.37. The van der Waals surface area contributed by atoms with E-state index >= 15 is 0 Å². The van der Waals surface area contributed by atoms with Gasteiger partial charge >= 0.3 is 17.9 Å². The van der Waals surface area contributed by atoms with Crippen LogP contribution >= 0.6 is 0 Å². The Balaban J connectivity index is 2.87. The maximum absolute atomic E-state index is 12.3. The van der Waals surface area contributed by atoms with Crippen LogP contribution in [0.5, 0.6) is 0 Å². The average molecular weight is 364 g/mol. The molecule has 0 unspecified atom stereocenters. The monoisotopic (exact) mass is 364 g/mol. The van der Waals surface area contributed by atoms with Crippen molar-refractivity contribution in [3.05, 3.63) is 48.0 Å². The molecule has 7 heteroatoms. The number of carbonyl (C=O) groups is 3. The summed E-state index contributed by atoms with van der Waals surface area (Å²) in [7, 11) is 3.75. The van der Waals surface area contributed by atoms with Gasteiger partial charge in [-0.25, -0.2) is 4.79 Å². The summed E-state index contributed by atoms with van der Waals surface area (Å²) in [5, 5.41) is 0. The molecule has 0 saturated carbocycles. The first kappa shape index (κ1) is 21.4. The summed E-state index contributed by atoms with van der Waals surface area (Å²) in [5.41, 5.74) is -0.977. The quantitative estimate of drug-likeness (QED) is 0.302. The van der Waals surface area contributed by atoms with Crippen LogP contribution in [0, 0.1) is 5.41 Å². The molecule has 0 amide bonds. The molecule has 0 fully saturated rings. The SMILES string of the molecule is COC(=O)C(C)(/C=C/[C@H](C)OC(=O)[C@@H](OC)c1ccccc1)C(=O)OC. The number of carbonyl (C=O) groups excluding carboxylic acids is 3. The minimum Gasteiger partial charge on any atom is -0.468 e. The minimum absolute atomic E-state index is 0.589. The van der Waals surface area contributed by atoms with Gasteiger partial charge in [-0.05, 0) is 25.5 Å². The van der Waals surface area contributed by atoms with E-state index in [2.05, 4.69) is 9.47 Å². The van der Waals surface area contributed by atoms with Crippen LogP contribution in [-0.2, 0) is 33.3 Å². The van der Waals surface area contributed by atoms with E-state index in [0.29, 0.717) is 5.56 Å². The third kappa shape index (κ3) is 5.16. The van der Waals surface area contributed by atoms with Crippen molar-refractivity contribution >= 4 is 17.9 Å². The predicted octanol–water partition coefficient (Wildman–Crippen LogP) is 2.21. The summed E-state index contributed by atoms with van der Waals surface area (Å²) in [6.07, 6.45) is 1.13. The zero-order valence-corrected chi connectivity index (χ0v) is 15.6. The summed E-state index contributed by atoms with van der Waals surface area (Å²) in [4.78, 5) is 36.1. The fourth-order valence-corrected chi connectivity index (χ4v) is 2.25. The number of methoxy groups -OCH3 is 3. The molecule has 1 aromatic rings. The van der Waals surface area contributed by atoms with Gasteiger partial charge in [0.25, 0.3) is 0 Å². The van der Waals surface area contributed by atoms with Crippen LogP contribution in [0.15, 0.2) is 42.5 Å². The van der Waals surface area contributed by atoms with Crippen LogP contribution in [0.25, 0.3) is 0 Å². The van der Waals surface area contributed by atoms with E-state index in [4.69, 9.17) is 9.47 Å².